The SMILES string of the molecule is O=C(Nc1ccc(Br)cc1)c1cc(NCc2ccncc2)ncn1. The van der Waals surface area contributed by atoms with Crippen LogP contribution in [0.5, 0.6) is 0 Å². The molecule has 0 fully saturated rings. The minimum absolute atomic E-state index is 0.285. The van der Waals surface area contributed by atoms with Gasteiger partial charge in [-0.25, -0.2) is 9.97 Å². The van der Waals surface area contributed by atoms with E-state index in [0.717, 1.165) is 10.0 Å². The summed E-state index contributed by atoms with van der Waals surface area (Å²) in [6.07, 6.45) is 4.83. The molecule has 0 atom stereocenters. The van der Waals surface area contributed by atoms with Crippen LogP contribution in [0.25, 0.3) is 0 Å². The number of carbonyl (C=O) groups is 1. The lowest BCUT2D eigenvalue weighted by atomic mass is 10.2. The summed E-state index contributed by atoms with van der Waals surface area (Å²) in [5.74, 6) is 0.300. The number of rotatable bonds is 5. The van der Waals surface area contributed by atoms with Gasteiger partial charge in [-0.05, 0) is 42.0 Å². The molecule has 0 bridgehead atoms. The molecule has 0 unspecified atom stereocenters. The Morgan fingerprint density at radius 2 is 1.79 bits per heavy atom. The van der Waals surface area contributed by atoms with Crippen LogP contribution in [-0.2, 0) is 6.54 Å². The molecular formula is C17H14BrN5O. The number of nitrogens with one attached hydrogen (secondary N) is 2. The van der Waals surface area contributed by atoms with Crippen LogP contribution in [0, 0.1) is 0 Å². The zero-order valence-corrected chi connectivity index (χ0v) is 14.2. The van der Waals surface area contributed by atoms with E-state index in [4.69, 9.17) is 0 Å². The van der Waals surface area contributed by atoms with Gasteiger partial charge >= 0.3 is 0 Å². The number of nitrogens with zero attached hydrogens (tertiary/aromatic N) is 3. The number of hydrogen-bond donors (Lipinski definition) is 2. The molecule has 2 N–H and O–H groups in total. The predicted molar refractivity (Wildman–Crippen MR) is 95.7 cm³/mol. The van der Waals surface area contributed by atoms with Crippen LogP contribution in [0.15, 0.2) is 65.7 Å². The van der Waals surface area contributed by atoms with Gasteiger partial charge < -0.3 is 10.6 Å². The van der Waals surface area contributed by atoms with Crippen molar-refractivity contribution >= 4 is 33.3 Å². The summed E-state index contributed by atoms with van der Waals surface area (Å²) in [6.45, 7) is 0.591. The molecule has 3 aromatic rings. The molecule has 0 saturated heterocycles. The first-order valence-electron chi connectivity index (χ1n) is 7.22. The average Bonchev–Trinajstić information content (AvgIpc) is 2.63. The Morgan fingerprint density at radius 1 is 1.04 bits per heavy atom. The van der Waals surface area contributed by atoms with E-state index < -0.39 is 0 Å². The van der Waals surface area contributed by atoms with Crippen molar-refractivity contribution in [3.8, 4) is 0 Å². The average molecular weight is 384 g/mol. The lowest BCUT2D eigenvalue weighted by Gasteiger charge is -2.08. The van der Waals surface area contributed by atoms with E-state index >= 15 is 0 Å². The van der Waals surface area contributed by atoms with E-state index in [1.165, 1.54) is 6.33 Å². The summed E-state index contributed by atoms with van der Waals surface area (Å²) in [6, 6.07) is 12.8. The van der Waals surface area contributed by atoms with Crippen LogP contribution in [0.4, 0.5) is 11.5 Å². The van der Waals surface area contributed by atoms with Gasteiger partial charge in [0.25, 0.3) is 5.91 Å². The standard InChI is InChI=1S/C17H14BrN5O/c18-13-1-3-14(4-2-13)23-17(24)15-9-16(22-11-21-15)20-10-12-5-7-19-8-6-12/h1-9,11H,10H2,(H,23,24)(H,20,21,22). The van der Waals surface area contributed by atoms with Crippen LogP contribution < -0.4 is 10.6 Å². The lowest BCUT2D eigenvalue weighted by molar-refractivity contribution is 0.102. The van der Waals surface area contributed by atoms with Crippen molar-refractivity contribution in [2.45, 2.75) is 6.54 Å². The summed E-state index contributed by atoms with van der Waals surface area (Å²) in [4.78, 5) is 24.4. The molecule has 0 saturated carbocycles. The van der Waals surface area contributed by atoms with E-state index in [-0.39, 0.29) is 5.91 Å². The van der Waals surface area contributed by atoms with Crippen molar-refractivity contribution in [3.63, 3.8) is 0 Å². The van der Waals surface area contributed by atoms with E-state index in [9.17, 15) is 4.79 Å². The minimum Gasteiger partial charge on any atom is -0.366 e. The number of hydrogen-bond acceptors (Lipinski definition) is 5. The molecule has 7 heteroatoms. The predicted octanol–water partition coefficient (Wildman–Crippen LogP) is 3.50. The second-order valence-corrected chi connectivity index (χ2v) is 5.87. The largest absolute Gasteiger partial charge is 0.366 e. The Balaban J connectivity index is 1.65. The number of halogens is 1. The number of anilines is 2. The van der Waals surface area contributed by atoms with Gasteiger partial charge in [0, 0.05) is 35.2 Å². The molecular weight excluding hydrogens is 370 g/mol. The highest BCUT2D eigenvalue weighted by Crippen LogP contribution is 2.15. The smallest absolute Gasteiger partial charge is 0.274 e. The van der Waals surface area contributed by atoms with Crippen LogP contribution >= 0.6 is 15.9 Å². The summed E-state index contributed by atoms with van der Waals surface area (Å²) in [5, 5.41) is 5.96. The maximum Gasteiger partial charge on any atom is 0.274 e. The van der Waals surface area contributed by atoms with E-state index in [1.54, 1.807) is 18.5 Å². The quantitative estimate of drug-likeness (QED) is 0.704. The molecule has 0 aliphatic heterocycles. The molecule has 2 heterocycles. The van der Waals surface area contributed by atoms with Gasteiger partial charge in [0.15, 0.2) is 0 Å². The monoisotopic (exact) mass is 383 g/mol. The van der Waals surface area contributed by atoms with Crippen LogP contribution in [-0.4, -0.2) is 20.9 Å². The summed E-state index contributed by atoms with van der Waals surface area (Å²) in [7, 11) is 0. The Morgan fingerprint density at radius 3 is 2.54 bits per heavy atom. The molecule has 6 nitrogen and oxygen atoms in total. The fourth-order valence-electron chi connectivity index (χ4n) is 2.00. The molecule has 120 valence electrons. The third kappa shape index (κ3) is 4.36. The van der Waals surface area contributed by atoms with Crippen molar-refractivity contribution in [1.82, 2.24) is 15.0 Å². The number of aromatic nitrogens is 3. The van der Waals surface area contributed by atoms with Crippen LogP contribution in [0.2, 0.25) is 0 Å². The van der Waals surface area contributed by atoms with Gasteiger partial charge in [-0.15, -0.1) is 0 Å². The Hall–Kier alpha value is -2.80. The summed E-state index contributed by atoms with van der Waals surface area (Å²) in [5.41, 5.74) is 2.07. The second kappa shape index (κ2) is 7.65. The van der Waals surface area contributed by atoms with Gasteiger partial charge in [-0.3, -0.25) is 9.78 Å². The number of amides is 1. The van der Waals surface area contributed by atoms with Crippen molar-refractivity contribution in [2.75, 3.05) is 10.6 Å². The molecule has 0 spiro atoms. The first-order chi connectivity index (χ1) is 11.7. The highest BCUT2D eigenvalue weighted by atomic mass is 79.9. The zero-order valence-electron chi connectivity index (χ0n) is 12.6. The summed E-state index contributed by atoms with van der Waals surface area (Å²) >= 11 is 3.36. The van der Waals surface area contributed by atoms with Crippen molar-refractivity contribution in [2.24, 2.45) is 0 Å². The molecule has 0 aliphatic rings. The van der Waals surface area contributed by atoms with Crippen LogP contribution in [0.3, 0.4) is 0 Å². The van der Waals surface area contributed by atoms with E-state index in [2.05, 4.69) is 41.5 Å². The normalized spacial score (nSPS) is 10.2. The maximum atomic E-state index is 12.3. The van der Waals surface area contributed by atoms with Gasteiger partial charge in [-0.2, -0.15) is 0 Å². The van der Waals surface area contributed by atoms with Gasteiger partial charge in [0.2, 0.25) is 0 Å². The third-order valence-corrected chi connectivity index (χ3v) is 3.75. The van der Waals surface area contributed by atoms with E-state index in [0.29, 0.717) is 23.7 Å². The lowest BCUT2D eigenvalue weighted by Crippen LogP contribution is -2.14. The third-order valence-electron chi connectivity index (χ3n) is 3.22. The fourth-order valence-corrected chi connectivity index (χ4v) is 2.26. The second-order valence-electron chi connectivity index (χ2n) is 4.96. The van der Waals surface area contributed by atoms with Gasteiger partial charge in [-0.1, -0.05) is 15.9 Å². The number of carbonyl (C=O) groups excluding carboxylic acids is 1. The number of benzene rings is 1. The molecule has 1 aromatic carbocycles. The first kappa shape index (κ1) is 16.1. The molecule has 1 amide bonds. The fraction of sp³-hybridized carbons (Fsp3) is 0.0588. The molecule has 24 heavy (non-hydrogen) atoms. The minimum atomic E-state index is -0.285. The molecule has 0 aliphatic carbocycles. The summed E-state index contributed by atoms with van der Waals surface area (Å²) < 4.78 is 0.949. The Kier molecular flexibility index (Phi) is 5.12. The van der Waals surface area contributed by atoms with Crippen molar-refractivity contribution in [3.05, 3.63) is 76.9 Å². The van der Waals surface area contributed by atoms with Gasteiger partial charge in [0.1, 0.15) is 17.8 Å². The van der Waals surface area contributed by atoms with Crippen molar-refractivity contribution < 1.29 is 4.79 Å². The molecule has 0 radical (unpaired) electrons. The topological polar surface area (TPSA) is 79.8 Å². The van der Waals surface area contributed by atoms with Gasteiger partial charge in [0.05, 0.1) is 0 Å². The molecule has 2 aromatic heterocycles. The Bertz CT molecular complexity index is 824. The highest BCUT2D eigenvalue weighted by molar-refractivity contribution is 9.10. The first-order valence-corrected chi connectivity index (χ1v) is 8.02. The van der Waals surface area contributed by atoms with Crippen molar-refractivity contribution in [1.29, 1.82) is 0 Å². The Labute approximate surface area is 147 Å². The van der Waals surface area contributed by atoms with E-state index in [1.807, 2.05) is 36.4 Å². The number of pyridine rings is 1. The molecule has 3 rings (SSSR count). The maximum absolute atomic E-state index is 12.3. The highest BCUT2D eigenvalue weighted by Gasteiger charge is 2.09. The zero-order chi connectivity index (χ0) is 16.8. The van der Waals surface area contributed by atoms with Crippen LogP contribution in [0.1, 0.15) is 16.1 Å².